The van der Waals surface area contributed by atoms with Crippen molar-refractivity contribution in [1.29, 1.82) is 0 Å². The number of phenols is 1. The maximum absolute atomic E-state index is 12.2. The Labute approximate surface area is 115 Å². The molecular formula is C15H16O5. The smallest absolute Gasteiger partial charge is 0.305 e. The number of phenolic OH excluding ortho intramolecular Hbond substituents is 1. The lowest BCUT2D eigenvalue weighted by Crippen LogP contribution is -2.10. The van der Waals surface area contributed by atoms with Crippen LogP contribution in [0.15, 0.2) is 33.7 Å². The Morgan fingerprint density at radius 2 is 2.20 bits per heavy atom. The van der Waals surface area contributed by atoms with Gasteiger partial charge in [-0.15, -0.1) is 0 Å². The van der Waals surface area contributed by atoms with Gasteiger partial charge in [-0.05, 0) is 31.9 Å². The molecule has 0 spiro atoms. The Morgan fingerprint density at radius 3 is 2.95 bits per heavy atom. The molecular weight excluding hydrogens is 260 g/mol. The summed E-state index contributed by atoms with van der Waals surface area (Å²) in [6, 6.07) is 4.38. The van der Waals surface area contributed by atoms with E-state index in [-0.39, 0.29) is 23.6 Å². The van der Waals surface area contributed by atoms with E-state index >= 15 is 0 Å². The van der Waals surface area contributed by atoms with E-state index in [0.29, 0.717) is 36.0 Å². The topological polar surface area (TPSA) is 76.7 Å². The van der Waals surface area contributed by atoms with E-state index in [1.54, 1.807) is 6.92 Å². The van der Waals surface area contributed by atoms with Gasteiger partial charge in [0.15, 0.2) is 5.43 Å². The van der Waals surface area contributed by atoms with Gasteiger partial charge in [-0.25, -0.2) is 0 Å². The first-order valence-corrected chi connectivity index (χ1v) is 6.51. The Balaban J connectivity index is 2.12. The van der Waals surface area contributed by atoms with Gasteiger partial charge in [0, 0.05) is 18.1 Å². The average Bonchev–Trinajstić information content (AvgIpc) is 2.41. The van der Waals surface area contributed by atoms with Gasteiger partial charge >= 0.3 is 5.97 Å². The largest absolute Gasteiger partial charge is 0.508 e. The Bertz CT molecular complexity index is 672. The molecule has 1 aromatic heterocycles. The number of hydrogen-bond donors (Lipinski definition) is 1. The van der Waals surface area contributed by atoms with Gasteiger partial charge in [0.25, 0.3) is 0 Å². The summed E-state index contributed by atoms with van der Waals surface area (Å²) in [6.07, 6.45) is 2.65. The highest BCUT2D eigenvalue weighted by Crippen LogP contribution is 2.18. The highest BCUT2D eigenvalue weighted by molar-refractivity contribution is 5.78. The molecule has 5 heteroatoms. The van der Waals surface area contributed by atoms with Crippen LogP contribution < -0.4 is 5.43 Å². The molecule has 0 bridgehead atoms. The quantitative estimate of drug-likeness (QED) is 0.848. The third-order valence-electron chi connectivity index (χ3n) is 2.96. The number of benzene rings is 1. The van der Waals surface area contributed by atoms with Crippen molar-refractivity contribution in [3.8, 4) is 5.75 Å². The monoisotopic (exact) mass is 276 g/mol. The van der Waals surface area contributed by atoms with Crippen molar-refractivity contribution in [2.45, 2.75) is 26.2 Å². The molecule has 0 atom stereocenters. The number of ether oxygens (including phenoxy) is 1. The van der Waals surface area contributed by atoms with Gasteiger partial charge < -0.3 is 14.3 Å². The van der Waals surface area contributed by atoms with Crippen molar-refractivity contribution in [2.24, 2.45) is 0 Å². The van der Waals surface area contributed by atoms with Gasteiger partial charge in [-0.2, -0.15) is 0 Å². The molecule has 0 aliphatic carbocycles. The number of aromatic hydroxyl groups is 1. The maximum atomic E-state index is 12.2. The molecule has 0 saturated heterocycles. The van der Waals surface area contributed by atoms with Gasteiger partial charge in [-0.1, -0.05) is 0 Å². The number of aryl methyl sites for hydroxylation is 1. The van der Waals surface area contributed by atoms with E-state index < -0.39 is 0 Å². The van der Waals surface area contributed by atoms with Crippen LogP contribution in [0.4, 0.5) is 0 Å². The first-order chi connectivity index (χ1) is 9.61. The molecule has 0 unspecified atom stereocenters. The summed E-state index contributed by atoms with van der Waals surface area (Å²) < 4.78 is 10.2. The van der Waals surface area contributed by atoms with Crippen molar-refractivity contribution in [3.05, 3.63) is 40.2 Å². The van der Waals surface area contributed by atoms with Crippen molar-refractivity contribution in [2.75, 3.05) is 6.61 Å². The summed E-state index contributed by atoms with van der Waals surface area (Å²) in [7, 11) is 0. The lowest BCUT2D eigenvalue weighted by atomic mass is 10.1. The van der Waals surface area contributed by atoms with Gasteiger partial charge in [-0.3, -0.25) is 9.59 Å². The molecule has 1 aromatic carbocycles. The second-order valence-corrected chi connectivity index (χ2v) is 4.43. The van der Waals surface area contributed by atoms with E-state index in [2.05, 4.69) is 0 Å². The van der Waals surface area contributed by atoms with E-state index in [0.717, 1.165) is 0 Å². The van der Waals surface area contributed by atoms with E-state index in [1.165, 1.54) is 24.5 Å². The lowest BCUT2D eigenvalue weighted by Gasteiger charge is -2.03. The van der Waals surface area contributed by atoms with Gasteiger partial charge in [0.05, 0.1) is 18.3 Å². The predicted molar refractivity (Wildman–Crippen MR) is 73.7 cm³/mol. The number of carbonyl (C=O) groups is 1. The van der Waals surface area contributed by atoms with Crippen LogP contribution >= 0.6 is 0 Å². The molecule has 5 nitrogen and oxygen atoms in total. The fraction of sp³-hybridized carbons (Fsp3) is 0.333. The fourth-order valence-corrected chi connectivity index (χ4v) is 1.99. The number of rotatable bonds is 5. The molecule has 20 heavy (non-hydrogen) atoms. The second kappa shape index (κ2) is 6.23. The molecule has 0 aliphatic rings. The first-order valence-electron chi connectivity index (χ1n) is 6.51. The Kier molecular flexibility index (Phi) is 4.40. The van der Waals surface area contributed by atoms with Crippen molar-refractivity contribution in [3.63, 3.8) is 0 Å². The minimum Gasteiger partial charge on any atom is -0.508 e. The standard InChI is InChI=1S/C15H16O5/c1-2-19-14(17)5-3-4-10-9-20-13-8-11(16)6-7-12(13)15(10)18/h6-9,16H,2-5H2,1H3. The molecule has 0 fully saturated rings. The summed E-state index contributed by atoms with van der Waals surface area (Å²) in [4.78, 5) is 23.4. The van der Waals surface area contributed by atoms with Crippen LogP contribution in [-0.2, 0) is 16.0 Å². The molecule has 2 aromatic rings. The zero-order chi connectivity index (χ0) is 14.5. The first kappa shape index (κ1) is 14.1. The van der Waals surface area contributed by atoms with Crippen LogP contribution in [0.25, 0.3) is 11.0 Å². The fourth-order valence-electron chi connectivity index (χ4n) is 1.99. The van der Waals surface area contributed by atoms with Crippen LogP contribution in [0.3, 0.4) is 0 Å². The zero-order valence-corrected chi connectivity index (χ0v) is 11.2. The third kappa shape index (κ3) is 3.17. The summed E-state index contributed by atoms with van der Waals surface area (Å²) in [5.41, 5.74) is 0.742. The van der Waals surface area contributed by atoms with Gasteiger partial charge in [0.2, 0.25) is 0 Å². The van der Waals surface area contributed by atoms with Crippen LogP contribution in [0.1, 0.15) is 25.3 Å². The SMILES string of the molecule is CCOC(=O)CCCc1coc2cc(O)ccc2c1=O. The van der Waals surface area contributed by atoms with E-state index in [1.807, 2.05) is 0 Å². The summed E-state index contributed by atoms with van der Waals surface area (Å²) in [5.74, 6) is -0.210. The molecule has 106 valence electrons. The van der Waals surface area contributed by atoms with Crippen LogP contribution in [-0.4, -0.2) is 17.7 Å². The second-order valence-electron chi connectivity index (χ2n) is 4.43. The Hall–Kier alpha value is -2.30. The number of hydrogen-bond acceptors (Lipinski definition) is 5. The summed E-state index contributed by atoms with van der Waals surface area (Å²) >= 11 is 0. The predicted octanol–water partition coefficient (Wildman–Crippen LogP) is 2.38. The summed E-state index contributed by atoms with van der Waals surface area (Å²) in [5, 5.41) is 9.76. The minimum atomic E-state index is -0.261. The maximum Gasteiger partial charge on any atom is 0.305 e. The Morgan fingerprint density at radius 1 is 1.40 bits per heavy atom. The van der Waals surface area contributed by atoms with Crippen molar-refractivity contribution >= 4 is 16.9 Å². The van der Waals surface area contributed by atoms with E-state index in [4.69, 9.17) is 9.15 Å². The molecule has 0 radical (unpaired) electrons. The van der Waals surface area contributed by atoms with Crippen molar-refractivity contribution in [1.82, 2.24) is 0 Å². The van der Waals surface area contributed by atoms with Crippen LogP contribution in [0.2, 0.25) is 0 Å². The van der Waals surface area contributed by atoms with Crippen molar-refractivity contribution < 1.29 is 19.1 Å². The average molecular weight is 276 g/mol. The normalized spacial score (nSPS) is 10.7. The third-order valence-corrected chi connectivity index (χ3v) is 2.96. The zero-order valence-electron chi connectivity index (χ0n) is 11.2. The highest BCUT2D eigenvalue weighted by Gasteiger charge is 2.09. The van der Waals surface area contributed by atoms with Crippen LogP contribution in [0, 0.1) is 0 Å². The highest BCUT2D eigenvalue weighted by atomic mass is 16.5. The summed E-state index contributed by atoms with van der Waals surface area (Å²) in [6.45, 7) is 2.12. The van der Waals surface area contributed by atoms with Crippen LogP contribution in [0.5, 0.6) is 5.75 Å². The molecule has 1 heterocycles. The number of fused-ring (bicyclic) bond motifs is 1. The van der Waals surface area contributed by atoms with Gasteiger partial charge in [0.1, 0.15) is 11.3 Å². The van der Waals surface area contributed by atoms with E-state index in [9.17, 15) is 14.7 Å². The minimum absolute atomic E-state index is 0.0516. The molecule has 2 rings (SSSR count). The molecule has 1 N–H and O–H groups in total. The molecule has 0 amide bonds. The number of esters is 1. The molecule has 0 aliphatic heterocycles. The lowest BCUT2D eigenvalue weighted by molar-refractivity contribution is -0.143. The molecule has 0 saturated carbocycles. The number of carbonyl (C=O) groups excluding carboxylic acids is 1.